The molecule has 2 amide bonds. The van der Waals surface area contributed by atoms with Gasteiger partial charge in [-0.3, -0.25) is 18.8 Å². The van der Waals surface area contributed by atoms with Crippen molar-refractivity contribution in [2.45, 2.75) is 284 Å². The normalized spacial score (nSPS) is 12.3. The maximum Gasteiger partial charge on any atom is 0.420 e. The number of anilines is 1. The number of rotatable bonds is 14. The van der Waals surface area contributed by atoms with Crippen LogP contribution in [-0.2, 0) is 6.54 Å². The quantitative estimate of drug-likeness (QED) is 0.103. The lowest BCUT2D eigenvalue weighted by molar-refractivity contribution is 0.242. The zero-order valence-corrected chi connectivity index (χ0v) is 71.0. The minimum atomic E-state index is -0.272. The van der Waals surface area contributed by atoms with E-state index in [2.05, 4.69) is 256 Å². The predicted molar refractivity (Wildman–Crippen MR) is 454 cm³/mol. The first kappa shape index (κ1) is 86.1. The molecule has 23 nitrogen and oxygen atoms in total. The van der Waals surface area contributed by atoms with E-state index in [-0.39, 0.29) is 47.2 Å². The van der Waals surface area contributed by atoms with Crippen molar-refractivity contribution < 1.29 is 9.21 Å². The number of fused-ring (bicyclic) bond motifs is 7. The number of hydrogen-bond acceptors (Lipinski definition) is 14. The van der Waals surface area contributed by atoms with Crippen LogP contribution < -0.4 is 27.2 Å². The molecule has 594 valence electrons. The van der Waals surface area contributed by atoms with Gasteiger partial charge >= 0.3 is 17.5 Å². The van der Waals surface area contributed by atoms with Crippen molar-refractivity contribution in [1.82, 2.24) is 82.6 Å². The summed E-state index contributed by atoms with van der Waals surface area (Å²) in [5, 5.41) is 2.87. The van der Waals surface area contributed by atoms with Crippen LogP contribution in [0.4, 0.5) is 10.6 Å². The lowest BCUT2D eigenvalue weighted by Gasteiger charge is -2.32. The molecular formula is C88H122N18O5. The molecule has 0 atom stereocenters. The van der Waals surface area contributed by atoms with E-state index in [9.17, 15) is 19.2 Å². The molecule has 0 saturated carbocycles. The summed E-state index contributed by atoms with van der Waals surface area (Å²) in [6, 6.07) is 32.4. The van der Waals surface area contributed by atoms with Gasteiger partial charge in [0.05, 0.1) is 64.5 Å². The maximum absolute atomic E-state index is 11.9. The Morgan fingerprint density at radius 2 is 0.829 bits per heavy atom. The monoisotopic (exact) mass is 1510 g/mol. The van der Waals surface area contributed by atoms with Crippen molar-refractivity contribution in [3.05, 3.63) is 199 Å². The third-order valence-electron chi connectivity index (χ3n) is 19.3. The zero-order chi connectivity index (χ0) is 81.9. The van der Waals surface area contributed by atoms with Crippen LogP contribution in [0.5, 0.6) is 0 Å². The summed E-state index contributed by atoms with van der Waals surface area (Å²) in [7, 11) is 0. The summed E-state index contributed by atoms with van der Waals surface area (Å²) >= 11 is 0. The van der Waals surface area contributed by atoms with Crippen molar-refractivity contribution in [3.63, 3.8) is 0 Å². The summed E-state index contributed by atoms with van der Waals surface area (Å²) in [6.45, 7) is 59.4. The first-order valence-electron chi connectivity index (χ1n) is 39.6. The molecule has 2 N–H and O–H groups in total. The molecule has 13 aromatic rings. The number of benzene rings is 3. The molecule has 11 heterocycles. The fourth-order valence-corrected chi connectivity index (χ4v) is 12.7. The molecule has 111 heavy (non-hydrogen) atoms. The Labute approximate surface area is 654 Å². The van der Waals surface area contributed by atoms with Crippen LogP contribution in [-0.4, -0.2) is 89.3 Å². The lowest BCUT2D eigenvalue weighted by Crippen LogP contribution is -2.48. The molecule has 0 unspecified atom stereocenters. The van der Waals surface area contributed by atoms with Crippen LogP contribution in [0.15, 0.2) is 141 Å². The van der Waals surface area contributed by atoms with Crippen molar-refractivity contribution in [3.8, 4) is 0 Å². The van der Waals surface area contributed by atoms with Crippen molar-refractivity contribution in [1.29, 1.82) is 0 Å². The molecule has 1 aliphatic heterocycles. The van der Waals surface area contributed by atoms with Gasteiger partial charge in [0.1, 0.15) is 22.7 Å². The Morgan fingerprint density at radius 3 is 1.35 bits per heavy atom. The number of oxazole rings is 1. The van der Waals surface area contributed by atoms with Crippen LogP contribution >= 0.6 is 0 Å². The number of pyridine rings is 3. The highest BCUT2D eigenvalue weighted by Gasteiger charge is 2.28. The van der Waals surface area contributed by atoms with Gasteiger partial charge < -0.3 is 33.0 Å². The number of imidazole rings is 4. The molecule has 0 fully saturated rings. The first-order valence-corrected chi connectivity index (χ1v) is 39.6. The standard InChI is InChI=1S/C14H18N2O.C13H19N3O.C13H18N2.C13H17NO2.C12H17N3O.C12H17N3.C11H16N4/c1-9(2)11-5-6-12-13(7-11)16(10(3)4)14(17)8-15-12;1-8(2)11-6-5-10-7-14-13(17)16(9(3)4)12(10)15-11;1-9(2)11-5-6-12-13(7-11)15(8-14-12)10(3)4;1-8(2)10-5-6-12-11(7-10)14(9(3)4)13(15)16-12;1-7(2)9-5-6-10-11(13-9)15(8(3)4)12(16)14-10;1-8(2)10-5-6-11-12(14-10)15(7-13-11)9(3)4;1-7(2)10-12-5-9-11(14-10)15(6-13-9)8(3)4/h5-10H,1-4H3;5-6,8-9H,7H2,1-4H3,(H,14,17);5-10H,1-4H3;5-9H,1-4H3;5-8H,1-4H3,(H,14,16);5-9H,1-4H3;5-8H,1-4H3. The van der Waals surface area contributed by atoms with E-state index >= 15 is 0 Å². The maximum atomic E-state index is 11.9. The SMILES string of the molecule is CC(C)c1ccc2[nH]c(=O)n(C(C)C)c2n1.CC(C)c1ccc2c(n1)N(C(C)C)C(=O)NC2.CC(C)c1ccc2ncc(=O)n(C(C)C)c2c1.CC(C)c1ccc2ncn(C(C)C)c2c1.CC(C)c1ccc2ncn(C(C)C)c2n1.CC(C)c1ccc2oc(=O)n(C(C)C)c2c1.CC(C)c1ncc2ncn(C(C)C)c2n1. The van der Waals surface area contributed by atoms with E-state index in [1.165, 1.54) is 28.4 Å². The fourth-order valence-electron chi connectivity index (χ4n) is 12.7. The largest absolute Gasteiger partial charge is 0.420 e. The van der Waals surface area contributed by atoms with E-state index in [0.717, 1.165) is 89.8 Å². The summed E-state index contributed by atoms with van der Waals surface area (Å²) in [5.74, 6) is 4.46. The number of nitrogens with one attached hydrogen (secondary N) is 2. The second kappa shape index (κ2) is 37.5. The number of carbonyl (C=O) groups is 1. The van der Waals surface area contributed by atoms with Crippen molar-refractivity contribution in [2.75, 3.05) is 4.90 Å². The van der Waals surface area contributed by atoms with Crippen LogP contribution in [0.1, 0.15) is 317 Å². The van der Waals surface area contributed by atoms with Gasteiger partial charge in [-0.2, -0.15) is 0 Å². The minimum absolute atomic E-state index is 0.0339. The molecule has 0 saturated heterocycles. The number of H-pyrrole nitrogens is 1. The summed E-state index contributed by atoms with van der Waals surface area (Å²) in [6.07, 6.45) is 8.83. The third-order valence-corrected chi connectivity index (χ3v) is 19.3. The highest BCUT2D eigenvalue weighted by molar-refractivity contribution is 5.94. The Kier molecular flexibility index (Phi) is 29.1. The molecule has 0 spiro atoms. The predicted octanol–water partition coefficient (Wildman–Crippen LogP) is 20.9. The number of urea groups is 1. The highest BCUT2D eigenvalue weighted by atomic mass is 16.4. The Morgan fingerprint density at radius 1 is 0.369 bits per heavy atom. The third kappa shape index (κ3) is 20.8. The van der Waals surface area contributed by atoms with Gasteiger partial charge in [0.2, 0.25) is 0 Å². The second-order valence-corrected chi connectivity index (χ2v) is 32.8. The minimum Gasteiger partial charge on any atom is -0.408 e. The molecule has 0 bridgehead atoms. The summed E-state index contributed by atoms with van der Waals surface area (Å²) in [4.78, 5) is 91.5. The fraction of sp³-hybridized carbons (Fsp3) is 0.489. The summed E-state index contributed by atoms with van der Waals surface area (Å²) in [5.41, 5.74) is 19.0. The first-order chi connectivity index (χ1) is 52.3. The number of aromatic nitrogens is 16. The molecule has 23 heteroatoms. The Balaban J connectivity index is 0.000000163. The van der Waals surface area contributed by atoms with Gasteiger partial charge in [0.25, 0.3) is 5.56 Å². The molecule has 3 aromatic carbocycles. The van der Waals surface area contributed by atoms with E-state index in [1.54, 1.807) is 24.8 Å². The summed E-state index contributed by atoms with van der Waals surface area (Å²) < 4.78 is 16.8. The van der Waals surface area contributed by atoms with Gasteiger partial charge in [-0.05, 0) is 216 Å². The second-order valence-electron chi connectivity index (χ2n) is 32.8. The van der Waals surface area contributed by atoms with Crippen LogP contribution in [0.3, 0.4) is 0 Å². The molecule has 10 aromatic heterocycles. The number of aromatic amines is 1. The molecule has 1 aliphatic rings. The van der Waals surface area contributed by atoms with Gasteiger partial charge in [-0.1, -0.05) is 121 Å². The van der Waals surface area contributed by atoms with E-state index in [0.29, 0.717) is 71.7 Å². The topological polar surface area (TPSA) is 258 Å². The van der Waals surface area contributed by atoms with Gasteiger partial charge in [0, 0.05) is 77.4 Å². The van der Waals surface area contributed by atoms with Crippen molar-refractivity contribution in [2.24, 2.45) is 0 Å². The lowest BCUT2D eigenvalue weighted by atomic mass is 10.0. The smallest absolute Gasteiger partial charge is 0.408 e. The van der Waals surface area contributed by atoms with E-state index < -0.39 is 0 Å². The molecular weight excluding hydrogens is 1390 g/mol. The number of hydrogen-bond donors (Lipinski definition) is 2. The average Bonchev–Trinajstić information content (AvgIpc) is 1.71. The van der Waals surface area contributed by atoms with Crippen LogP contribution in [0, 0.1) is 0 Å². The van der Waals surface area contributed by atoms with Gasteiger partial charge in [-0.15, -0.1) is 0 Å². The van der Waals surface area contributed by atoms with E-state index in [1.807, 2.05) is 117 Å². The Hall–Kier alpha value is -10.5. The van der Waals surface area contributed by atoms with Gasteiger partial charge in [-0.25, -0.2) is 59.2 Å². The van der Waals surface area contributed by atoms with Gasteiger partial charge in [0.15, 0.2) is 22.5 Å². The van der Waals surface area contributed by atoms with Crippen LogP contribution in [0.25, 0.3) is 66.7 Å². The average molecular weight is 1510 g/mol. The number of carbonyl (C=O) groups excluding carboxylic acids is 1. The Bertz CT molecular complexity index is 5130. The van der Waals surface area contributed by atoms with Crippen molar-refractivity contribution >= 4 is 78.5 Å². The molecule has 14 rings (SSSR count). The molecule has 0 aliphatic carbocycles. The van der Waals surface area contributed by atoms with E-state index in [4.69, 9.17) is 4.42 Å². The highest BCUT2D eigenvalue weighted by Crippen LogP contribution is 2.30. The zero-order valence-electron chi connectivity index (χ0n) is 71.0. The van der Waals surface area contributed by atoms with Crippen LogP contribution in [0.2, 0.25) is 0 Å². The number of nitrogens with zero attached hydrogens (tertiary/aromatic N) is 16. The number of amides is 2. The molecule has 0 radical (unpaired) electrons.